The third kappa shape index (κ3) is 4.63. The molecule has 2 unspecified atom stereocenters. The van der Waals surface area contributed by atoms with Gasteiger partial charge in [-0.2, -0.15) is 0 Å². The van der Waals surface area contributed by atoms with Gasteiger partial charge in [-0.25, -0.2) is 4.98 Å². The van der Waals surface area contributed by atoms with Crippen LogP contribution in [-0.2, 0) is 9.53 Å². The van der Waals surface area contributed by atoms with Gasteiger partial charge in [0.15, 0.2) is 0 Å². The number of carbonyl (C=O) groups is 1. The molecule has 2 N–H and O–H groups in total. The van der Waals surface area contributed by atoms with Crippen molar-refractivity contribution in [2.24, 2.45) is 5.92 Å². The van der Waals surface area contributed by atoms with Gasteiger partial charge >= 0.3 is 0 Å². The Morgan fingerprint density at radius 1 is 1.14 bits per heavy atom. The first-order valence-electron chi connectivity index (χ1n) is 13.2. The van der Waals surface area contributed by atoms with E-state index in [1.165, 1.54) is 0 Å². The molecular weight excluding hydrogens is 488 g/mol. The minimum atomic E-state index is -0.450. The predicted octanol–water partition coefficient (Wildman–Crippen LogP) is 4.74. The molecule has 0 spiro atoms. The normalized spacial score (nSPS) is 28.8. The molecule has 1 aliphatic carbocycles. The lowest BCUT2D eigenvalue weighted by Gasteiger charge is -2.43. The maximum Gasteiger partial charge on any atom is 0.229 e. The first kappa shape index (κ1) is 24.7. The van der Waals surface area contributed by atoms with Crippen molar-refractivity contribution in [2.75, 3.05) is 31.6 Å². The number of aromatic nitrogens is 2. The number of benzene rings is 1. The van der Waals surface area contributed by atoms with Crippen LogP contribution in [-0.4, -0.2) is 63.8 Å². The molecule has 4 heterocycles. The lowest BCUT2D eigenvalue weighted by molar-refractivity contribution is -0.123. The molecule has 0 radical (unpaired) electrons. The Labute approximate surface area is 222 Å². The smallest absolute Gasteiger partial charge is 0.229 e. The van der Waals surface area contributed by atoms with Crippen molar-refractivity contribution in [3.05, 3.63) is 65.1 Å². The van der Waals surface area contributed by atoms with Gasteiger partial charge in [0.1, 0.15) is 5.82 Å². The standard InChI is InChI=1S/C29H33ClN4O3/c1-29(17-37-16-26(29)35)34-10-7-18(8-11-34)23-12-19-14-27(32-15-20(19)13-24(23)30)33-28(36)22-6-5-21(22)25-4-2-3-9-31-25/h2-4,9,12-15,18,21-22,26,35H,5-8,10-11,16-17H2,1H3,(H,32,33,36)/t21?,22?,26-,29+/m1/s1. The van der Waals surface area contributed by atoms with Crippen LogP contribution in [0.3, 0.4) is 0 Å². The fraction of sp³-hybridized carbons (Fsp3) is 0.483. The van der Waals surface area contributed by atoms with Gasteiger partial charge in [0, 0.05) is 40.3 Å². The second-order valence-corrected chi connectivity index (χ2v) is 11.4. The third-order valence-corrected chi connectivity index (χ3v) is 9.14. The first-order chi connectivity index (χ1) is 17.9. The number of amides is 1. The molecule has 1 aromatic carbocycles. The Kier molecular flexibility index (Phi) is 6.65. The van der Waals surface area contributed by atoms with Crippen LogP contribution < -0.4 is 5.32 Å². The molecule has 3 aliphatic rings. The van der Waals surface area contributed by atoms with E-state index >= 15 is 0 Å². The Bertz CT molecular complexity index is 1300. The lowest BCUT2D eigenvalue weighted by atomic mass is 9.71. The molecule has 2 aromatic heterocycles. The molecule has 4 atom stereocenters. The van der Waals surface area contributed by atoms with Crippen LogP contribution >= 0.6 is 11.6 Å². The summed E-state index contributed by atoms with van der Waals surface area (Å²) in [4.78, 5) is 24.3. The molecule has 194 valence electrons. The quantitative estimate of drug-likeness (QED) is 0.505. The molecule has 6 rings (SSSR count). The Balaban J connectivity index is 1.16. The first-order valence-corrected chi connectivity index (χ1v) is 13.6. The van der Waals surface area contributed by atoms with E-state index in [2.05, 4.69) is 33.2 Å². The lowest BCUT2D eigenvalue weighted by Crippen LogP contribution is -2.56. The van der Waals surface area contributed by atoms with Gasteiger partial charge in [0.2, 0.25) is 5.91 Å². The van der Waals surface area contributed by atoms with Crippen LogP contribution in [0.1, 0.15) is 55.7 Å². The van der Waals surface area contributed by atoms with Gasteiger partial charge in [0.05, 0.1) is 24.9 Å². The van der Waals surface area contributed by atoms with E-state index in [9.17, 15) is 9.90 Å². The van der Waals surface area contributed by atoms with Gasteiger partial charge in [0.25, 0.3) is 0 Å². The zero-order chi connectivity index (χ0) is 25.6. The number of nitrogens with one attached hydrogen (secondary N) is 1. The highest BCUT2D eigenvalue weighted by atomic mass is 35.5. The number of fused-ring (bicyclic) bond motifs is 1. The second-order valence-electron chi connectivity index (χ2n) is 11.0. The van der Waals surface area contributed by atoms with E-state index in [0.717, 1.165) is 65.8 Å². The van der Waals surface area contributed by atoms with Gasteiger partial charge < -0.3 is 15.2 Å². The van der Waals surface area contributed by atoms with E-state index in [1.54, 1.807) is 12.4 Å². The van der Waals surface area contributed by atoms with E-state index in [-0.39, 0.29) is 23.3 Å². The Hall–Kier alpha value is -2.58. The number of aliphatic hydroxyl groups is 1. The van der Waals surface area contributed by atoms with E-state index in [4.69, 9.17) is 16.3 Å². The van der Waals surface area contributed by atoms with Crippen LogP contribution in [0.15, 0.2) is 48.8 Å². The molecule has 7 nitrogen and oxygen atoms in total. The Morgan fingerprint density at radius 3 is 2.65 bits per heavy atom. The number of likely N-dealkylation sites (tertiary alicyclic amines) is 1. The van der Waals surface area contributed by atoms with Crippen LogP contribution in [0.5, 0.6) is 0 Å². The SMILES string of the molecule is C[C@]1(N2CCC(c3cc4cc(NC(=O)C5CCC5c5ccccn5)ncc4cc3Cl)CC2)COC[C@H]1O. The number of aliphatic hydroxyl groups excluding tert-OH is 1. The van der Waals surface area contributed by atoms with Crippen molar-refractivity contribution in [1.82, 2.24) is 14.9 Å². The predicted molar refractivity (Wildman–Crippen MR) is 144 cm³/mol. The summed E-state index contributed by atoms with van der Waals surface area (Å²) in [7, 11) is 0. The molecule has 3 aromatic rings. The summed E-state index contributed by atoms with van der Waals surface area (Å²) in [5, 5.41) is 16.2. The van der Waals surface area contributed by atoms with E-state index in [1.807, 2.05) is 30.3 Å². The molecule has 2 saturated heterocycles. The number of piperidine rings is 1. The number of hydrogen-bond donors (Lipinski definition) is 2. The van der Waals surface area contributed by atoms with Crippen LogP contribution in [0.2, 0.25) is 5.02 Å². The molecule has 37 heavy (non-hydrogen) atoms. The van der Waals surface area contributed by atoms with Gasteiger partial charge in [-0.3, -0.25) is 14.7 Å². The van der Waals surface area contributed by atoms with Crippen molar-refractivity contribution < 1.29 is 14.6 Å². The number of anilines is 1. The highest BCUT2D eigenvalue weighted by Gasteiger charge is 2.45. The molecule has 2 aliphatic heterocycles. The van der Waals surface area contributed by atoms with Crippen molar-refractivity contribution in [2.45, 2.75) is 56.1 Å². The number of halogens is 1. The largest absolute Gasteiger partial charge is 0.389 e. The van der Waals surface area contributed by atoms with Crippen molar-refractivity contribution in [3.8, 4) is 0 Å². The highest BCUT2D eigenvalue weighted by molar-refractivity contribution is 6.32. The number of pyridine rings is 2. The van der Waals surface area contributed by atoms with Crippen molar-refractivity contribution >= 4 is 34.1 Å². The summed E-state index contributed by atoms with van der Waals surface area (Å²) in [6.45, 7) is 4.86. The fourth-order valence-corrected chi connectivity index (χ4v) is 6.53. The molecular formula is C29H33ClN4O3. The minimum absolute atomic E-state index is 0.00175. The zero-order valence-corrected chi connectivity index (χ0v) is 21.8. The molecule has 8 heteroatoms. The van der Waals surface area contributed by atoms with Crippen LogP contribution in [0.25, 0.3) is 10.8 Å². The number of hydrogen-bond acceptors (Lipinski definition) is 6. The molecule has 1 amide bonds. The number of nitrogens with zero attached hydrogens (tertiary/aromatic N) is 3. The maximum absolute atomic E-state index is 13.0. The van der Waals surface area contributed by atoms with Gasteiger partial charge in [-0.15, -0.1) is 0 Å². The summed E-state index contributed by atoms with van der Waals surface area (Å²) in [6, 6.07) is 12.0. The number of carbonyl (C=O) groups excluding carboxylic acids is 1. The minimum Gasteiger partial charge on any atom is -0.389 e. The van der Waals surface area contributed by atoms with E-state index < -0.39 is 6.10 Å². The topological polar surface area (TPSA) is 87.6 Å². The van der Waals surface area contributed by atoms with Crippen LogP contribution in [0, 0.1) is 5.92 Å². The van der Waals surface area contributed by atoms with Crippen molar-refractivity contribution in [1.29, 1.82) is 0 Å². The van der Waals surface area contributed by atoms with E-state index in [0.29, 0.717) is 24.9 Å². The summed E-state index contributed by atoms with van der Waals surface area (Å²) in [6.07, 6.45) is 6.90. The maximum atomic E-state index is 13.0. The number of ether oxygens (including phenoxy) is 1. The molecule has 0 bridgehead atoms. The average molecular weight is 521 g/mol. The van der Waals surface area contributed by atoms with Crippen LogP contribution in [0.4, 0.5) is 5.82 Å². The average Bonchev–Trinajstić information content (AvgIpc) is 3.23. The summed E-state index contributed by atoms with van der Waals surface area (Å²) >= 11 is 6.74. The molecule has 3 fully saturated rings. The Morgan fingerprint density at radius 2 is 1.97 bits per heavy atom. The highest BCUT2D eigenvalue weighted by Crippen LogP contribution is 2.42. The summed E-state index contributed by atoms with van der Waals surface area (Å²) in [5.41, 5.74) is 1.81. The third-order valence-electron chi connectivity index (χ3n) is 8.81. The second kappa shape index (κ2) is 9.95. The molecule has 1 saturated carbocycles. The fourth-order valence-electron chi connectivity index (χ4n) is 6.20. The van der Waals surface area contributed by atoms with Gasteiger partial charge in [-0.1, -0.05) is 17.7 Å². The summed E-state index contributed by atoms with van der Waals surface area (Å²) < 4.78 is 5.55. The monoisotopic (exact) mass is 520 g/mol. The summed E-state index contributed by atoms with van der Waals surface area (Å²) in [5.74, 6) is 0.995. The van der Waals surface area contributed by atoms with Gasteiger partial charge in [-0.05, 0) is 92.9 Å². The zero-order valence-electron chi connectivity index (χ0n) is 21.1. The number of rotatable bonds is 5. The van der Waals surface area contributed by atoms with Crippen molar-refractivity contribution in [3.63, 3.8) is 0 Å².